The SMILES string of the molecule is CCO[SiH](OCC)C1(C2CCCCC2)CCCC1. The van der Waals surface area contributed by atoms with E-state index in [-0.39, 0.29) is 0 Å². The molecule has 2 saturated carbocycles. The number of rotatable bonds is 6. The summed E-state index contributed by atoms with van der Waals surface area (Å²) in [4.78, 5) is 0. The zero-order valence-electron chi connectivity index (χ0n) is 12.2. The van der Waals surface area contributed by atoms with Crippen LogP contribution in [0.4, 0.5) is 0 Å². The Morgan fingerprint density at radius 2 is 1.44 bits per heavy atom. The van der Waals surface area contributed by atoms with Crippen molar-refractivity contribution < 1.29 is 8.85 Å². The molecule has 2 nitrogen and oxygen atoms in total. The summed E-state index contributed by atoms with van der Waals surface area (Å²) in [6.45, 7) is 5.93. The summed E-state index contributed by atoms with van der Waals surface area (Å²) in [5, 5.41) is 0.479. The van der Waals surface area contributed by atoms with Gasteiger partial charge in [-0.2, -0.15) is 0 Å². The van der Waals surface area contributed by atoms with Crippen LogP contribution in [0, 0.1) is 5.92 Å². The van der Waals surface area contributed by atoms with E-state index in [1.54, 1.807) is 0 Å². The molecule has 3 heteroatoms. The highest BCUT2D eigenvalue weighted by Crippen LogP contribution is 2.57. The second-order valence-corrected chi connectivity index (χ2v) is 8.50. The Hall–Kier alpha value is 0.137. The summed E-state index contributed by atoms with van der Waals surface area (Å²) in [6.07, 6.45) is 12.8. The van der Waals surface area contributed by atoms with Crippen LogP contribution in [0.1, 0.15) is 71.6 Å². The molecular formula is C15H30O2Si. The largest absolute Gasteiger partial charge is 0.396 e. The van der Waals surface area contributed by atoms with Gasteiger partial charge in [0.1, 0.15) is 0 Å². The molecule has 0 unspecified atom stereocenters. The molecule has 0 aliphatic heterocycles. The molecule has 0 saturated heterocycles. The Morgan fingerprint density at radius 3 is 1.94 bits per heavy atom. The van der Waals surface area contributed by atoms with Gasteiger partial charge in [0.05, 0.1) is 0 Å². The first-order chi connectivity index (χ1) is 8.83. The van der Waals surface area contributed by atoms with Crippen molar-refractivity contribution in [3.8, 4) is 0 Å². The van der Waals surface area contributed by atoms with Gasteiger partial charge in [0.2, 0.25) is 0 Å². The first-order valence-electron chi connectivity index (χ1n) is 8.06. The predicted octanol–water partition coefficient (Wildman–Crippen LogP) is 4.17. The molecule has 2 fully saturated rings. The van der Waals surface area contributed by atoms with Gasteiger partial charge in [-0.25, -0.2) is 0 Å². The third kappa shape index (κ3) is 2.99. The minimum Gasteiger partial charge on any atom is -0.396 e. The second kappa shape index (κ2) is 7.06. The summed E-state index contributed by atoms with van der Waals surface area (Å²) >= 11 is 0. The van der Waals surface area contributed by atoms with Gasteiger partial charge in [-0.15, -0.1) is 0 Å². The normalized spacial score (nSPS) is 24.8. The van der Waals surface area contributed by atoms with Crippen LogP contribution in [0.5, 0.6) is 0 Å². The first kappa shape index (κ1) is 14.5. The maximum atomic E-state index is 6.14. The third-order valence-electron chi connectivity index (χ3n) is 5.06. The van der Waals surface area contributed by atoms with Gasteiger partial charge in [0.25, 0.3) is 0 Å². The van der Waals surface area contributed by atoms with Crippen molar-refractivity contribution >= 4 is 9.28 Å². The molecule has 0 bridgehead atoms. The van der Waals surface area contributed by atoms with Crippen LogP contribution in [0.3, 0.4) is 0 Å². The minimum atomic E-state index is -1.50. The molecule has 0 spiro atoms. The second-order valence-electron chi connectivity index (χ2n) is 6.02. The number of hydrogen-bond acceptors (Lipinski definition) is 2. The van der Waals surface area contributed by atoms with Gasteiger partial charge < -0.3 is 8.85 Å². The highest BCUT2D eigenvalue weighted by atomic mass is 28.3. The topological polar surface area (TPSA) is 18.5 Å². The summed E-state index contributed by atoms with van der Waals surface area (Å²) in [6, 6.07) is 0. The Balaban J connectivity index is 2.12. The molecule has 106 valence electrons. The lowest BCUT2D eigenvalue weighted by Crippen LogP contribution is -2.42. The molecule has 0 aromatic rings. The molecule has 18 heavy (non-hydrogen) atoms. The molecule has 0 radical (unpaired) electrons. The fourth-order valence-electron chi connectivity index (χ4n) is 4.23. The molecule has 0 N–H and O–H groups in total. The molecule has 2 aliphatic carbocycles. The molecule has 0 amide bonds. The van der Waals surface area contributed by atoms with Crippen molar-refractivity contribution in [2.45, 2.75) is 76.7 Å². The Labute approximate surface area is 114 Å². The predicted molar refractivity (Wildman–Crippen MR) is 78.1 cm³/mol. The van der Waals surface area contributed by atoms with E-state index in [0.717, 1.165) is 19.1 Å². The van der Waals surface area contributed by atoms with Crippen LogP contribution in [0.2, 0.25) is 5.04 Å². The Morgan fingerprint density at radius 1 is 0.889 bits per heavy atom. The molecule has 0 heterocycles. The fraction of sp³-hybridized carbons (Fsp3) is 1.00. The monoisotopic (exact) mass is 270 g/mol. The van der Waals surface area contributed by atoms with Gasteiger partial charge in [-0.1, -0.05) is 44.9 Å². The Kier molecular flexibility index (Phi) is 5.71. The average Bonchev–Trinajstić information content (AvgIpc) is 2.90. The molecule has 0 aromatic carbocycles. The van der Waals surface area contributed by atoms with Crippen LogP contribution in [0.25, 0.3) is 0 Å². The van der Waals surface area contributed by atoms with Gasteiger partial charge >= 0.3 is 9.28 Å². The van der Waals surface area contributed by atoms with E-state index in [1.165, 1.54) is 57.8 Å². The van der Waals surface area contributed by atoms with Crippen LogP contribution in [0.15, 0.2) is 0 Å². The fourth-order valence-corrected chi connectivity index (χ4v) is 7.19. The van der Waals surface area contributed by atoms with Gasteiger partial charge in [0, 0.05) is 18.3 Å². The summed E-state index contributed by atoms with van der Waals surface area (Å²) < 4.78 is 12.3. The van der Waals surface area contributed by atoms with Crippen molar-refractivity contribution in [2.24, 2.45) is 5.92 Å². The van der Waals surface area contributed by atoms with Crippen LogP contribution in [-0.4, -0.2) is 22.5 Å². The average molecular weight is 270 g/mol. The van der Waals surface area contributed by atoms with Gasteiger partial charge in [-0.3, -0.25) is 0 Å². The van der Waals surface area contributed by atoms with E-state index < -0.39 is 9.28 Å². The van der Waals surface area contributed by atoms with E-state index in [4.69, 9.17) is 8.85 Å². The lowest BCUT2D eigenvalue weighted by atomic mass is 9.78. The van der Waals surface area contributed by atoms with Crippen LogP contribution < -0.4 is 0 Å². The molecule has 0 atom stereocenters. The van der Waals surface area contributed by atoms with E-state index >= 15 is 0 Å². The van der Waals surface area contributed by atoms with Crippen molar-refractivity contribution in [3.63, 3.8) is 0 Å². The molecular weight excluding hydrogens is 240 g/mol. The minimum absolute atomic E-state index is 0.479. The van der Waals surface area contributed by atoms with Crippen LogP contribution in [-0.2, 0) is 8.85 Å². The van der Waals surface area contributed by atoms with Crippen LogP contribution >= 0.6 is 0 Å². The van der Waals surface area contributed by atoms with Crippen molar-refractivity contribution in [3.05, 3.63) is 0 Å². The number of hydrogen-bond donors (Lipinski definition) is 0. The highest BCUT2D eigenvalue weighted by Gasteiger charge is 2.50. The van der Waals surface area contributed by atoms with Gasteiger partial charge in [0.15, 0.2) is 0 Å². The van der Waals surface area contributed by atoms with Gasteiger partial charge in [-0.05, 0) is 32.6 Å². The molecule has 2 rings (SSSR count). The van der Waals surface area contributed by atoms with E-state index in [0.29, 0.717) is 5.04 Å². The molecule has 0 aromatic heterocycles. The third-order valence-corrected chi connectivity index (χ3v) is 8.32. The Bertz CT molecular complexity index is 227. The maximum Gasteiger partial charge on any atom is 0.328 e. The summed E-state index contributed by atoms with van der Waals surface area (Å²) in [7, 11) is -1.50. The molecule has 2 aliphatic rings. The van der Waals surface area contributed by atoms with E-state index in [1.807, 2.05) is 0 Å². The highest BCUT2D eigenvalue weighted by molar-refractivity contribution is 6.49. The van der Waals surface area contributed by atoms with Crippen molar-refractivity contribution in [1.82, 2.24) is 0 Å². The zero-order valence-corrected chi connectivity index (χ0v) is 13.4. The standard InChI is InChI=1S/C15H30O2Si/c1-3-16-18(17-4-2)15(12-8-9-13-15)14-10-6-5-7-11-14/h14,18H,3-13H2,1-2H3. The van der Waals surface area contributed by atoms with E-state index in [9.17, 15) is 0 Å². The van der Waals surface area contributed by atoms with Crippen molar-refractivity contribution in [2.75, 3.05) is 13.2 Å². The summed E-state index contributed by atoms with van der Waals surface area (Å²) in [5.74, 6) is 0.906. The van der Waals surface area contributed by atoms with E-state index in [2.05, 4.69) is 13.8 Å². The maximum absolute atomic E-state index is 6.14. The smallest absolute Gasteiger partial charge is 0.328 e. The zero-order chi connectivity index (χ0) is 12.8. The van der Waals surface area contributed by atoms with Crippen molar-refractivity contribution in [1.29, 1.82) is 0 Å². The summed E-state index contributed by atoms with van der Waals surface area (Å²) in [5.41, 5.74) is 0. The lowest BCUT2D eigenvalue weighted by Gasteiger charge is -2.43. The first-order valence-corrected chi connectivity index (χ1v) is 9.58. The quantitative estimate of drug-likeness (QED) is 0.674. The lowest BCUT2D eigenvalue weighted by molar-refractivity contribution is 0.145.